The van der Waals surface area contributed by atoms with Gasteiger partial charge >= 0.3 is 6.03 Å². The lowest BCUT2D eigenvalue weighted by Crippen LogP contribution is -2.37. The van der Waals surface area contributed by atoms with Gasteiger partial charge in [0.2, 0.25) is 0 Å². The van der Waals surface area contributed by atoms with E-state index < -0.39 is 0 Å². The molecule has 0 atom stereocenters. The first-order valence-corrected chi connectivity index (χ1v) is 8.82. The number of urea groups is 1. The number of nitrogens with zero attached hydrogens (tertiary/aromatic N) is 2. The molecule has 0 aliphatic carbocycles. The predicted molar refractivity (Wildman–Crippen MR) is 104 cm³/mol. The summed E-state index contributed by atoms with van der Waals surface area (Å²) < 4.78 is 12.2. The molecule has 2 aromatic rings. The molecule has 1 aromatic heterocycles. The Hall–Kier alpha value is -2.96. The van der Waals surface area contributed by atoms with Gasteiger partial charge in [0.25, 0.3) is 5.56 Å². The maximum atomic E-state index is 12.3. The molecular formula is C20H27N3O4. The van der Waals surface area contributed by atoms with Gasteiger partial charge in [-0.25, -0.2) is 4.79 Å². The first-order chi connectivity index (χ1) is 13.0. The third-order valence-electron chi connectivity index (χ3n) is 4.32. The Kier molecular flexibility index (Phi) is 7.28. The molecule has 0 aliphatic heterocycles. The monoisotopic (exact) mass is 373 g/mol. The van der Waals surface area contributed by atoms with Crippen molar-refractivity contribution in [2.75, 3.05) is 27.8 Å². The van der Waals surface area contributed by atoms with Gasteiger partial charge in [0.1, 0.15) is 0 Å². The zero-order valence-corrected chi connectivity index (χ0v) is 16.3. The minimum Gasteiger partial charge on any atom is -0.493 e. The largest absolute Gasteiger partial charge is 0.493 e. The maximum absolute atomic E-state index is 12.3. The van der Waals surface area contributed by atoms with Crippen LogP contribution in [0, 0.1) is 6.92 Å². The second-order valence-corrected chi connectivity index (χ2v) is 6.29. The van der Waals surface area contributed by atoms with E-state index in [2.05, 4.69) is 5.32 Å². The van der Waals surface area contributed by atoms with Gasteiger partial charge in [0.05, 0.1) is 14.2 Å². The van der Waals surface area contributed by atoms with E-state index in [1.807, 2.05) is 31.2 Å². The molecule has 7 heteroatoms. The van der Waals surface area contributed by atoms with Crippen LogP contribution >= 0.6 is 0 Å². The van der Waals surface area contributed by atoms with Crippen molar-refractivity contribution in [3.8, 4) is 11.5 Å². The molecule has 0 spiro atoms. The van der Waals surface area contributed by atoms with Crippen molar-refractivity contribution >= 4 is 6.03 Å². The first-order valence-electron chi connectivity index (χ1n) is 8.82. The van der Waals surface area contributed by atoms with Gasteiger partial charge in [0, 0.05) is 38.4 Å². The highest BCUT2D eigenvalue weighted by Gasteiger charge is 2.11. The molecular weight excluding hydrogens is 346 g/mol. The molecule has 1 aromatic carbocycles. The topological polar surface area (TPSA) is 72.8 Å². The van der Waals surface area contributed by atoms with Crippen LogP contribution in [0.5, 0.6) is 11.5 Å². The SMILES string of the molecule is COc1ccc(CN(C)C(=O)NCCCn2c(C)cccc2=O)cc1OC. The quantitative estimate of drug-likeness (QED) is 0.721. The number of aryl methyl sites for hydroxylation is 1. The maximum Gasteiger partial charge on any atom is 0.317 e. The smallest absolute Gasteiger partial charge is 0.317 e. The highest BCUT2D eigenvalue weighted by atomic mass is 16.5. The van der Waals surface area contributed by atoms with Crippen molar-refractivity contribution in [2.45, 2.75) is 26.4 Å². The summed E-state index contributed by atoms with van der Waals surface area (Å²) in [5, 5.41) is 2.88. The molecule has 7 nitrogen and oxygen atoms in total. The number of rotatable bonds is 8. The molecule has 2 rings (SSSR count). The van der Waals surface area contributed by atoms with Crippen LogP contribution in [0.1, 0.15) is 17.7 Å². The predicted octanol–water partition coefficient (Wildman–Crippen LogP) is 2.41. The average Bonchev–Trinajstić information content (AvgIpc) is 2.66. The van der Waals surface area contributed by atoms with Crippen LogP contribution in [0.25, 0.3) is 0 Å². The fourth-order valence-electron chi connectivity index (χ4n) is 2.80. The molecule has 1 N–H and O–H groups in total. The molecule has 27 heavy (non-hydrogen) atoms. The lowest BCUT2D eigenvalue weighted by molar-refractivity contribution is 0.206. The Morgan fingerprint density at radius 3 is 2.56 bits per heavy atom. The van der Waals surface area contributed by atoms with Crippen molar-refractivity contribution in [3.05, 3.63) is 58.0 Å². The molecule has 0 radical (unpaired) electrons. The number of carbonyl (C=O) groups is 1. The third kappa shape index (κ3) is 5.51. The molecule has 0 saturated carbocycles. The summed E-state index contributed by atoms with van der Waals surface area (Å²) in [5.41, 5.74) is 1.84. The van der Waals surface area contributed by atoms with E-state index in [0.29, 0.717) is 37.6 Å². The van der Waals surface area contributed by atoms with Crippen molar-refractivity contribution in [1.82, 2.24) is 14.8 Å². The Morgan fingerprint density at radius 1 is 1.15 bits per heavy atom. The Bertz CT molecular complexity index is 832. The van der Waals surface area contributed by atoms with Crippen LogP contribution in [0.4, 0.5) is 4.79 Å². The van der Waals surface area contributed by atoms with Crippen LogP contribution in [-0.2, 0) is 13.1 Å². The number of nitrogens with one attached hydrogen (secondary N) is 1. The Balaban J connectivity index is 1.83. The van der Waals surface area contributed by atoms with Gasteiger partial charge in [-0.2, -0.15) is 0 Å². The van der Waals surface area contributed by atoms with E-state index in [9.17, 15) is 9.59 Å². The lowest BCUT2D eigenvalue weighted by Gasteiger charge is -2.19. The number of ether oxygens (including phenoxy) is 2. The van der Waals surface area contributed by atoms with Gasteiger partial charge in [-0.3, -0.25) is 4.79 Å². The summed E-state index contributed by atoms with van der Waals surface area (Å²) >= 11 is 0. The van der Waals surface area contributed by atoms with Gasteiger partial charge in [-0.05, 0) is 37.1 Å². The first kappa shape index (κ1) is 20.4. The summed E-state index contributed by atoms with van der Waals surface area (Å²) in [7, 11) is 4.90. The number of aromatic nitrogens is 1. The summed E-state index contributed by atoms with van der Waals surface area (Å²) in [6.07, 6.45) is 0.681. The molecule has 0 unspecified atom stereocenters. The highest BCUT2D eigenvalue weighted by molar-refractivity contribution is 5.73. The average molecular weight is 373 g/mol. The minimum atomic E-state index is -0.165. The molecule has 0 saturated heterocycles. The van der Waals surface area contributed by atoms with Crippen molar-refractivity contribution < 1.29 is 14.3 Å². The van der Waals surface area contributed by atoms with Crippen LogP contribution in [0.2, 0.25) is 0 Å². The normalized spacial score (nSPS) is 10.4. The number of amides is 2. The number of hydrogen-bond donors (Lipinski definition) is 1. The number of methoxy groups -OCH3 is 2. The fourth-order valence-corrected chi connectivity index (χ4v) is 2.80. The fraction of sp³-hybridized carbons (Fsp3) is 0.400. The highest BCUT2D eigenvalue weighted by Crippen LogP contribution is 2.27. The zero-order valence-electron chi connectivity index (χ0n) is 16.3. The van der Waals surface area contributed by atoms with E-state index in [1.165, 1.54) is 0 Å². The van der Waals surface area contributed by atoms with E-state index in [4.69, 9.17) is 9.47 Å². The van der Waals surface area contributed by atoms with E-state index in [-0.39, 0.29) is 11.6 Å². The van der Waals surface area contributed by atoms with E-state index in [1.54, 1.807) is 42.9 Å². The second-order valence-electron chi connectivity index (χ2n) is 6.29. The summed E-state index contributed by atoms with van der Waals surface area (Å²) in [6, 6.07) is 10.6. The molecule has 0 fully saturated rings. The van der Waals surface area contributed by atoms with Crippen LogP contribution < -0.4 is 20.3 Å². The van der Waals surface area contributed by atoms with Gasteiger partial charge in [-0.1, -0.05) is 12.1 Å². The Labute approximate surface area is 159 Å². The second kappa shape index (κ2) is 9.66. The summed E-state index contributed by atoms with van der Waals surface area (Å²) in [5.74, 6) is 1.28. The standard InChI is InChI=1S/C20H27N3O4/c1-15-7-5-8-19(24)23(15)12-6-11-21-20(25)22(2)14-16-9-10-17(26-3)18(13-16)27-4/h5,7-10,13H,6,11-12,14H2,1-4H3,(H,21,25). The zero-order chi connectivity index (χ0) is 19.8. The summed E-state index contributed by atoms with van der Waals surface area (Å²) in [4.78, 5) is 25.7. The lowest BCUT2D eigenvalue weighted by atomic mass is 10.2. The number of carbonyl (C=O) groups excluding carboxylic acids is 1. The van der Waals surface area contributed by atoms with Crippen LogP contribution in [0.15, 0.2) is 41.2 Å². The van der Waals surface area contributed by atoms with Gasteiger partial charge in [0.15, 0.2) is 11.5 Å². The van der Waals surface area contributed by atoms with Crippen LogP contribution in [0.3, 0.4) is 0 Å². The molecule has 0 bridgehead atoms. The van der Waals surface area contributed by atoms with Crippen molar-refractivity contribution in [3.63, 3.8) is 0 Å². The number of pyridine rings is 1. The molecule has 2 amide bonds. The molecule has 0 aliphatic rings. The minimum absolute atomic E-state index is 0.0214. The van der Waals surface area contributed by atoms with Gasteiger partial charge in [-0.15, -0.1) is 0 Å². The van der Waals surface area contributed by atoms with Crippen LogP contribution in [-0.4, -0.2) is 43.3 Å². The summed E-state index contributed by atoms with van der Waals surface area (Å²) in [6.45, 7) is 3.42. The Morgan fingerprint density at radius 2 is 1.89 bits per heavy atom. The number of benzene rings is 1. The van der Waals surface area contributed by atoms with Crippen molar-refractivity contribution in [1.29, 1.82) is 0 Å². The molecule has 1 heterocycles. The van der Waals surface area contributed by atoms with Crippen molar-refractivity contribution in [2.24, 2.45) is 0 Å². The van der Waals surface area contributed by atoms with Gasteiger partial charge < -0.3 is 24.3 Å². The van der Waals surface area contributed by atoms with E-state index >= 15 is 0 Å². The van der Waals surface area contributed by atoms with E-state index in [0.717, 1.165) is 11.3 Å². The molecule has 146 valence electrons. The number of hydrogen-bond acceptors (Lipinski definition) is 4. The third-order valence-corrected chi connectivity index (χ3v) is 4.32.